The summed E-state index contributed by atoms with van der Waals surface area (Å²) in [5.41, 5.74) is 0.652. The summed E-state index contributed by atoms with van der Waals surface area (Å²) in [5.74, 6) is 1.20. The number of nitrogens with one attached hydrogen (secondary N) is 2. The molecule has 6 nitrogen and oxygen atoms in total. The zero-order chi connectivity index (χ0) is 13.7. The molecule has 100 valence electrons. The number of nitrogens with zero attached hydrogens (tertiary/aromatic N) is 2. The number of aromatic nitrogens is 3. The van der Waals surface area contributed by atoms with Crippen LogP contribution in [0.25, 0.3) is 0 Å². The molecule has 6 heteroatoms. The summed E-state index contributed by atoms with van der Waals surface area (Å²) in [6.07, 6.45) is 0.708. The minimum atomic E-state index is -0.343. The lowest BCUT2D eigenvalue weighted by atomic mass is 10.3. The molecule has 0 fully saturated rings. The predicted molar refractivity (Wildman–Crippen MR) is 71.3 cm³/mol. The number of hydrogen-bond donors (Lipinski definition) is 2. The van der Waals surface area contributed by atoms with Crippen molar-refractivity contribution in [3.8, 4) is 5.75 Å². The van der Waals surface area contributed by atoms with Gasteiger partial charge in [-0.2, -0.15) is 0 Å². The molecule has 1 aromatic carbocycles. The van der Waals surface area contributed by atoms with Crippen LogP contribution < -0.4 is 10.1 Å². The highest BCUT2D eigenvalue weighted by molar-refractivity contribution is 6.01. The van der Waals surface area contributed by atoms with Crippen molar-refractivity contribution in [3.63, 3.8) is 0 Å². The Morgan fingerprint density at radius 2 is 2.26 bits per heavy atom. The molecule has 0 bridgehead atoms. The van der Waals surface area contributed by atoms with E-state index in [9.17, 15) is 4.79 Å². The number of aryl methyl sites for hydroxylation is 1. The van der Waals surface area contributed by atoms with Gasteiger partial charge in [-0.25, -0.2) is 4.98 Å². The van der Waals surface area contributed by atoms with E-state index in [2.05, 4.69) is 20.5 Å². The number of aromatic amines is 1. The van der Waals surface area contributed by atoms with Crippen LogP contribution in [0.4, 0.5) is 5.69 Å². The molecule has 1 aromatic heterocycles. The van der Waals surface area contributed by atoms with E-state index in [1.807, 2.05) is 26.0 Å². The molecule has 1 amide bonds. The molecule has 0 atom stereocenters. The molecule has 0 saturated heterocycles. The summed E-state index contributed by atoms with van der Waals surface area (Å²) < 4.78 is 5.37. The molecule has 0 aliphatic heterocycles. The summed E-state index contributed by atoms with van der Waals surface area (Å²) in [6, 6.07) is 7.19. The lowest BCUT2D eigenvalue weighted by Crippen LogP contribution is -2.13. The highest BCUT2D eigenvalue weighted by atomic mass is 16.5. The third-order valence-electron chi connectivity index (χ3n) is 2.47. The standard InChI is InChI=1S/C13H16N4O2/c1-3-11-15-12(17-16-11)13(18)14-9-6-5-7-10(8-9)19-4-2/h5-8H,3-4H2,1-2H3,(H,14,18)(H,15,16,17). The highest BCUT2D eigenvalue weighted by Crippen LogP contribution is 2.17. The number of rotatable bonds is 5. The molecule has 0 aliphatic carbocycles. The van der Waals surface area contributed by atoms with Crippen molar-refractivity contribution >= 4 is 11.6 Å². The Morgan fingerprint density at radius 3 is 2.95 bits per heavy atom. The van der Waals surface area contributed by atoms with E-state index in [1.54, 1.807) is 12.1 Å². The Labute approximate surface area is 111 Å². The highest BCUT2D eigenvalue weighted by Gasteiger charge is 2.12. The minimum Gasteiger partial charge on any atom is -0.494 e. The first-order chi connectivity index (χ1) is 9.22. The lowest BCUT2D eigenvalue weighted by Gasteiger charge is -2.06. The molecule has 0 spiro atoms. The smallest absolute Gasteiger partial charge is 0.295 e. The molecule has 1 heterocycles. The fourth-order valence-electron chi connectivity index (χ4n) is 1.57. The number of carbonyl (C=O) groups is 1. The lowest BCUT2D eigenvalue weighted by molar-refractivity contribution is 0.101. The largest absolute Gasteiger partial charge is 0.494 e. The van der Waals surface area contributed by atoms with Gasteiger partial charge in [-0.1, -0.05) is 13.0 Å². The first-order valence-electron chi connectivity index (χ1n) is 6.18. The van der Waals surface area contributed by atoms with Crippen LogP contribution in [0.1, 0.15) is 30.3 Å². The van der Waals surface area contributed by atoms with Gasteiger partial charge in [0.05, 0.1) is 6.61 Å². The van der Waals surface area contributed by atoms with Gasteiger partial charge >= 0.3 is 0 Å². The van der Waals surface area contributed by atoms with E-state index < -0.39 is 0 Å². The number of amides is 1. The number of H-pyrrole nitrogens is 1. The maximum atomic E-state index is 11.9. The monoisotopic (exact) mass is 260 g/mol. The fourth-order valence-corrected chi connectivity index (χ4v) is 1.57. The number of anilines is 1. The van der Waals surface area contributed by atoms with Crippen LogP contribution in [0.3, 0.4) is 0 Å². The number of hydrogen-bond acceptors (Lipinski definition) is 4. The Balaban J connectivity index is 2.07. The van der Waals surface area contributed by atoms with Crippen LogP contribution in [-0.4, -0.2) is 27.7 Å². The number of benzene rings is 1. The van der Waals surface area contributed by atoms with Gasteiger partial charge < -0.3 is 10.1 Å². The van der Waals surface area contributed by atoms with Crippen LogP contribution in [0.2, 0.25) is 0 Å². The van der Waals surface area contributed by atoms with Crippen LogP contribution >= 0.6 is 0 Å². The van der Waals surface area contributed by atoms with E-state index >= 15 is 0 Å². The van der Waals surface area contributed by atoms with Crippen molar-refractivity contribution in [2.45, 2.75) is 20.3 Å². The predicted octanol–water partition coefficient (Wildman–Crippen LogP) is 2.02. The van der Waals surface area contributed by atoms with Gasteiger partial charge in [0, 0.05) is 18.2 Å². The van der Waals surface area contributed by atoms with Gasteiger partial charge in [0.1, 0.15) is 11.6 Å². The first kappa shape index (κ1) is 13.1. The van der Waals surface area contributed by atoms with Crippen LogP contribution in [0.5, 0.6) is 5.75 Å². The summed E-state index contributed by atoms with van der Waals surface area (Å²) in [7, 11) is 0. The molecular formula is C13H16N4O2. The second-order valence-electron chi connectivity index (χ2n) is 3.87. The molecule has 2 N–H and O–H groups in total. The Bertz CT molecular complexity index is 565. The second-order valence-corrected chi connectivity index (χ2v) is 3.87. The third-order valence-corrected chi connectivity index (χ3v) is 2.47. The van der Waals surface area contributed by atoms with Gasteiger partial charge in [-0.05, 0) is 19.1 Å². The zero-order valence-electron chi connectivity index (χ0n) is 10.9. The Hall–Kier alpha value is -2.37. The average Bonchev–Trinajstić information content (AvgIpc) is 2.88. The zero-order valence-corrected chi connectivity index (χ0v) is 10.9. The average molecular weight is 260 g/mol. The molecule has 0 unspecified atom stereocenters. The first-order valence-corrected chi connectivity index (χ1v) is 6.18. The fraction of sp³-hybridized carbons (Fsp3) is 0.308. The molecule has 2 rings (SSSR count). The minimum absolute atomic E-state index is 0.138. The normalized spacial score (nSPS) is 10.2. The molecule has 19 heavy (non-hydrogen) atoms. The van der Waals surface area contributed by atoms with Gasteiger partial charge in [0.25, 0.3) is 5.91 Å². The molecule has 2 aromatic rings. The van der Waals surface area contributed by atoms with Crippen molar-refractivity contribution < 1.29 is 9.53 Å². The Morgan fingerprint density at radius 1 is 1.42 bits per heavy atom. The van der Waals surface area contributed by atoms with E-state index in [1.165, 1.54) is 0 Å². The quantitative estimate of drug-likeness (QED) is 0.861. The molecule has 0 saturated carbocycles. The van der Waals surface area contributed by atoms with E-state index in [0.717, 1.165) is 0 Å². The van der Waals surface area contributed by atoms with Crippen molar-refractivity contribution in [1.29, 1.82) is 0 Å². The van der Waals surface area contributed by atoms with E-state index in [-0.39, 0.29) is 11.7 Å². The number of carbonyl (C=O) groups excluding carboxylic acids is 1. The summed E-state index contributed by atoms with van der Waals surface area (Å²) in [4.78, 5) is 16.0. The molecular weight excluding hydrogens is 244 g/mol. The van der Waals surface area contributed by atoms with Gasteiger partial charge in [-0.3, -0.25) is 9.89 Å². The maximum Gasteiger partial charge on any atom is 0.295 e. The van der Waals surface area contributed by atoms with E-state index in [0.29, 0.717) is 30.3 Å². The van der Waals surface area contributed by atoms with Crippen LogP contribution in [0.15, 0.2) is 24.3 Å². The van der Waals surface area contributed by atoms with Gasteiger partial charge in [0.15, 0.2) is 0 Å². The van der Waals surface area contributed by atoms with Crippen LogP contribution in [0, 0.1) is 0 Å². The molecule has 0 radical (unpaired) electrons. The van der Waals surface area contributed by atoms with Crippen molar-refractivity contribution in [3.05, 3.63) is 35.9 Å². The van der Waals surface area contributed by atoms with Gasteiger partial charge in [0.2, 0.25) is 5.82 Å². The summed E-state index contributed by atoms with van der Waals surface area (Å²) in [6.45, 7) is 4.43. The van der Waals surface area contributed by atoms with Crippen molar-refractivity contribution in [2.24, 2.45) is 0 Å². The van der Waals surface area contributed by atoms with E-state index in [4.69, 9.17) is 4.74 Å². The number of ether oxygens (including phenoxy) is 1. The maximum absolute atomic E-state index is 11.9. The second kappa shape index (κ2) is 5.99. The summed E-state index contributed by atoms with van der Waals surface area (Å²) in [5, 5.41) is 9.30. The SMILES string of the molecule is CCOc1cccc(NC(=O)c2n[nH]c(CC)n2)c1. The summed E-state index contributed by atoms with van der Waals surface area (Å²) >= 11 is 0. The Kier molecular flexibility index (Phi) is 4.12. The van der Waals surface area contributed by atoms with Crippen molar-refractivity contribution in [1.82, 2.24) is 15.2 Å². The topological polar surface area (TPSA) is 79.9 Å². The van der Waals surface area contributed by atoms with Crippen molar-refractivity contribution in [2.75, 3.05) is 11.9 Å². The third kappa shape index (κ3) is 3.31. The molecule has 0 aliphatic rings. The van der Waals surface area contributed by atoms with Crippen LogP contribution in [-0.2, 0) is 6.42 Å². The van der Waals surface area contributed by atoms with Gasteiger partial charge in [-0.15, -0.1) is 5.10 Å².